The third kappa shape index (κ3) is 4.12. The number of ketones is 1. The van der Waals surface area contributed by atoms with E-state index in [4.69, 9.17) is 0 Å². The maximum atomic E-state index is 13.0. The minimum Gasteiger partial charge on any atom is -0.391 e. The van der Waals surface area contributed by atoms with Crippen LogP contribution in [0, 0.1) is 20.2 Å². The van der Waals surface area contributed by atoms with Crippen LogP contribution >= 0.6 is 0 Å². The van der Waals surface area contributed by atoms with Gasteiger partial charge in [0.05, 0.1) is 22.1 Å². The summed E-state index contributed by atoms with van der Waals surface area (Å²) in [6.45, 7) is 1.47. The highest BCUT2D eigenvalue weighted by Crippen LogP contribution is 2.35. The van der Waals surface area contributed by atoms with Crippen molar-refractivity contribution in [1.82, 2.24) is 0 Å². The number of rotatable bonds is 6. The van der Waals surface area contributed by atoms with Gasteiger partial charge in [0.15, 0.2) is 5.78 Å². The van der Waals surface area contributed by atoms with Crippen molar-refractivity contribution in [3.63, 3.8) is 0 Å². The molecule has 0 spiro atoms. The highest BCUT2D eigenvalue weighted by atomic mass is 16.6. The van der Waals surface area contributed by atoms with E-state index >= 15 is 0 Å². The van der Waals surface area contributed by atoms with Gasteiger partial charge in [-0.1, -0.05) is 0 Å². The largest absolute Gasteiger partial charge is 0.391 e. The normalized spacial score (nSPS) is 20.6. The van der Waals surface area contributed by atoms with Crippen molar-refractivity contribution in [2.75, 3.05) is 36.0 Å². The Kier molecular flexibility index (Phi) is 5.76. The van der Waals surface area contributed by atoms with E-state index in [1.807, 2.05) is 0 Å². The van der Waals surface area contributed by atoms with Crippen LogP contribution in [0.1, 0.15) is 28.8 Å². The average molecular weight is 442 g/mol. The van der Waals surface area contributed by atoms with E-state index in [2.05, 4.69) is 0 Å². The number of carbonyl (C=O) groups excluding carboxylic acids is 1. The molecule has 0 amide bonds. The summed E-state index contributed by atoms with van der Waals surface area (Å²) in [6.07, 6.45) is -0.123. The van der Waals surface area contributed by atoms with Crippen LogP contribution in [0.4, 0.5) is 22.7 Å². The average Bonchev–Trinajstić information content (AvgIpc) is 3.40. The molecule has 0 aliphatic carbocycles. The first-order valence-corrected chi connectivity index (χ1v) is 10.2. The second-order valence-corrected chi connectivity index (χ2v) is 8.03. The SMILES string of the molecule is O=C(c1ccc(N2CCC(O)C2)c([N+](=O)[O-])c1)c1ccc(N2CCC(O)C2)c([N+](=O)[O-])c1. The summed E-state index contributed by atoms with van der Waals surface area (Å²) in [4.78, 5) is 38.5. The number of carbonyl (C=O) groups is 1. The highest BCUT2D eigenvalue weighted by Gasteiger charge is 2.30. The third-order valence-electron chi connectivity index (χ3n) is 5.88. The predicted molar refractivity (Wildman–Crippen MR) is 115 cm³/mol. The predicted octanol–water partition coefficient (Wildman–Crippen LogP) is 1.88. The maximum Gasteiger partial charge on any atom is 0.293 e. The second kappa shape index (κ2) is 8.52. The molecule has 4 rings (SSSR count). The monoisotopic (exact) mass is 442 g/mol. The molecule has 2 aliphatic rings. The Labute approximate surface area is 182 Å². The van der Waals surface area contributed by atoms with Crippen LogP contribution < -0.4 is 9.80 Å². The summed E-state index contributed by atoms with van der Waals surface area (Å²) in [6, 6.07) is 8.17. The smallest absolute Gasteiger partial charge is 0.293 e. The molecule has 0 radical (unpaired) electrons. The van der Waals surface area contributed by atoms with E-state index in [1.165, 1.54) is 36.4 Å². The van der Waals surface area contributed by atoms with Crippen molar-refractivity contribution in [2.24, 2.45) is 0 Å². The first kappa shape index (κ1) is 21.7. The fraction of sp³-hybridized carbons (Fsp3) is 0.381. The lowest BCUT2D eigenvalue weighted by Gasteiger charge is -2.19. The Morgan fingerprint density at radius 2 is 1.22 bits per heavy atom. The Morgan fingerprint density at radius 1 is 0.812 bits per heavy atom. The fourth-order valence-electron chi connectivity index (χ4n) is 4.24. The van der Waals surface area contributed by atoms with Gasteiger partial charge in [-0.05, 0) is 37.1 Å². The Hall–Kier alpha value is -3.57. The Balaban J connectivity index is 1.66. The zero-order valence-corrected chi connectivity index (χ0v) is 17.1. The molecule has 11 nitrogen and oxygen atoms in total. The fourth-order valence-corrected chi connectivity index (χ4v) is 4.24. The molecule has 168 valence electrons. The molecule has 2 aromatic rings. The van der Waals surface area contributed by atoms with Gasteiger partial charge >= 0.3 is 0 Å². The summed E-state index contributed by atoms with van der Waals surface area (Å²) < 4.78 is 0. The summed E-state index contributed by atoms with van der Waals surface area (Å²) in [7, 11) is 0. The van der Waals surface area contributed by atoms with E-state index in [0.29, 0.717) is 37.3 Å². The van der Waals surface area contributed by atoms with Gasteiger partial charge in [0, 0.05) is 49.4 Å². The topological polar surface area (TPSA) is 150 Å². The van der Waals surface area contributed by atoms with Crippen molar-refractivity contribution in [1.29, 1.82) is 0 Å². The number of nitro groups is 2. The zero-order chi connectivity index (χ0) is 23.0. The number of β-amino-alcohol motifs (C(OH)–C–C–N with tert-alkyl or cyclic N) is 2. The molecule has 11 heteroatoms. The van der Waals surface area contributed by atoms with Gasteiger partial charge in [-0.25, -0.2) is 0 Å². The van der Waals surface area contributed by atoms with Gasteiger partial charge in [0.1, 0.15) is 11.4 Å². The summed E-state index contributed by atoms with van der Waals surface area (Å²) in [5, 5.41) is 42.7. The molecule has 0 saturated carbocycles. The van der Waals surface area contributed by atoms with Crippen molar-refractivity contribution < 1.29 is 24.9 Å². The van der Waals surface area contributed by atoms with Crippen LogP contribution in [0.3, 0.4) is 0 Å². The van der Waals surface area contributed by atoms with Crippen LogP contribution in [0.2, 0.25) is 0 Å². The Bertz CT molecular complexity index is 1010. The summed E-state index contributed by atoms with van der Waals surface area (Å²) in [5.41, 5.74) is 0.191. The van der Waals surface area contributed by atoms with Crippen LogP contribution in [0.25, 0.3) is 0 Å². The van der Waals surface area contributed by atoms with Gasteiger partial charge in [-0.3, -0.25) is 25.0 Å². The number of benzene rings is 2. The number of aliphatic hydroxyl groups excluding tert-OH is 2. The van der Waals surface area contributed by atoms with E-state index in [0.717, 1.165) is 0 Å². The zero-order valence-electron chi connectivity index (χ0n) is 17.1. The first-order valence-electron chi connectivity index (χ1n) is 10.2. The molecule has 2 fully saturated rings. The molecule has 0 bridgehead atoms. The lowest BCUT2D eigenvalue weighted by Crippen LogP contribution is -2.22. The molecule has 2 saturated heterocycles. The van der Waals surface area contributed by atoms with Gasteiger partial charge in [-0.2, -0.15) is 0 Å². The van der Waals surface area contributed by atoms with Gasteiger partial charge < -0.3 is 20.0 Å². The molecule has 2 aromatic carbocycles. The number of anilines is 2. The second-order valence-electron chi connectivity index (χ2n) is 8.03. The van der Waals surface area contributed by atoms with E-state index in [1.54, 1.807) is 9.80 Å². The maximum absolute atomic E-state index is 13.0. The lowest BCUT2D eigenvalue weighted by molar-refractivity contribution is -0.384. The lowest BCUT2D eigenvalue weighted by atomic mass is 10.0. The molecule has 0 aromatic heterocycles. The van der Waals surface area contributed by atoms with Crippen molar-refractivity contribution >= 4 is 28.5 Å². The molecule has 32 heavy (non-hydrogen) atoms. The van der Waals surface area contributed by atoms with Gasteiger partial charge in [0.25, 0.3) is 11.4 Å². The number of aliphatic hydroxyl groups is 2. The molecule has 2 atom stereocenters. The quantitative estimate of drug-likeness (QED) is 0.388. The summed E-state index contributed by atoms with van der Waals surface area (Å²) in [5.74, 6) is -0.572. The van der Waals surface area contributed by atoms with E-state index < -0.39 is 27.8 Å². The van der Waals surface area contributed by atoms with Crippen molar-refractivity contribution in [2.45, 2.75) is 25.0 Å². The van der Waals surface area contributed by atoms with Crippen molar-refractivity contribution in [3.05, 3.63) is 67.8 Å². The Morgan fingerprint density at radius 3 is 1.53 bits per heavy atom. The molecular formula is C21H22N4O7. The number of nitro benzene ring substituents is 2. The molecular weight excluding hydrogens is 420 g/mol. The van der Waals surface area contributed by atoms with Crippen LogP contribution in [-0.4, -0.2) is 64.2 Å². The van der Waals surface area contributed by atoms with Gasteiger partial charge in [0.2, 0.25) is 0 Å². The number of hydrogen-bond donors (Lipinski definition) is 2. The van der Waals surface area contributed by atoms with Crippen LogP contribution in [0.5, 0.6) is 0 Å². The minimum absolute atomic E-state index is 0.0406. The van der Waals surface area contributed by atoms with Crippen molar-refractivity contribution in [3.8, 4) is 0 Å². The number of hydrogen-bond acceptors (Lipinski definition) is 9. The van der Waals surface area contributed by atoms with Crippen LogP contribution in [-0.2, 0) is 0 Å². The molecule has 2 heterocycles. The molecule has 2 unspecified atom stereocenters. The molecule has 2 N–H and O–H groups in total. The van der Waals surface area contributed by atoms with E-state index in [9.17, 15) is 35.2 Å². The standard InChI is InChI=1S/C21H22N4O7/c26-15-5-7-22(11-15)17-3-1-13(9-19(17)24(29)30)21(28)14-2-4-18(20(10-14)25(31)32)23-8-6-16(27)12-23/h1-4,9-10,15-16,26-27H,5-8,11-12H2. The molecule has 2 aliphatic heterocycles. The van der Waals surface area contributed by atoms with Crippen LogP contribution in [0.15, 0.2) is 36.4 Å². The number of nitrogens with zero attached hydrogens (tertiary/aromatic N) is 4. The summed E-state index contributed by atoms with van der Waals surface area (Å²) >= 11 is 0. The highest BCUT2D eigenvalue weighted by molar-refractivity contribution is 6.10. The minimum atomic E-state index is -0.582. The van der Waals surface area contributed by atoms with E-state index in [-0.39, 0.29) is 35.6 Å². The van der Waals surface area contributed by atoms with Gasteiger partial charge in [-0.15, -0.1) is 0 Å². The third-order valence-corrected chi connectivity index (χ3v) is 5.88. The first-order chi connectivity index (χ1) is 15.2.